The van der Waals surface area contributed by atoms with Crippen LogP contribution in [0.5, 0.6) is 0 Å². The first-order valence-corrected chi connectivity index (χ1v) is 7.11. The highest BCUT2D eigenvalue weighted by Crippen LogP contribution is 2.17. The van der Waals surface area contributed by atoms with Gasteiger partial charge in [0.05, 0.1) is 0 Å². The zero-order chi connectivity index (χ0) is 14.4. The van der Waals surface area contributed by atoms with Crippen LogP contribution in [0.2, 0.25) is 0 Å². The summed E-state index contributed by atoms with van der Waals surface area (Å²) in [7, 11) is 1.92. The Morgan fingerprint density at radius 3 is 2.80 bits per heavy atom. The van der Waals surface area contributed by atoms with Gasteiger partial charge in [-0.15, -0.1) is 0 Å². The lowest BCUT2D eigenvalue weighted by Crippen LogP contribution is -2.41. The number of anilines is 1. The van der Waals surface area contributed by atoms with E-state index in [1.165, 1.54) is 0 Å². The van der Waals surface area contributed by atoms with Crippen LogP contribution >= 0.6 is 0 Å². The Morgan fingerprint density at radius 1 is 1.35 bits per heavy atom. The lowest BCUT2D eigenvalue weighted by Gasteiger charge is -2.23. The summed E-state index contributed by atoms with van der Waals surface area (Å²) in [5.41, 5.74) is 1.96. The van der Waals surface area contributed by atoms with Crippen molar-refractivity contribution < 1.29 is 9.53 Å². The van der Waals surface area contributed by atoms with Crippen molar-refractivity contribution in [1.82, 2.24) is 10.6 Å². The summed E-state index contributed by atoms with van der Waals surface area (Å²) in [5, 5.41) is 9.06. The van der Waals surface area contributed by atoms with E-state index < -0.39 is 0 Å². The van der Waals surface area contributed by atoms with Gasteiger partial charge in [-0.2, -0.15) is 0 Å². The molecule has 0 aromatic heterocycles. The Balaban J connectivity index is 1.90. The molecule has 0 radical (unpaired) electrons. The lowest BCUT2D eigenvalue weighted by molar-refractivity contribution is 0.0806. The van der Waals surface area contributed by atoms with E-state index >= 15 is 0 Å². The molecule has 1 saturated heterocycles. The summed E-state index contributed by atoms with van der Waals surface area (Å²) in [6.45, 7) is 3.53. The zero-order valence-corrected chi connectivity index (χ0v) is 12.1. The molecular formula is C15H23N3O2. The van der Waals surface area contributed by atoms with Crippen molar-refractivity contribution in [3.63, 3.8) is 0 Å². The summed E-state index contributed by atoms with van der Waals surface area (Å²) in [6.07, 6.45) is 1.76. The summed E-state index contributed by atoms with van der Waals surface area (Å²) >= 11 is 0. The number of urea groups is 1. The van der Waals surface area contributed by atoms with E-state index in [-0.39, 0.29) is 18.1 Å². The van der Waals surface area contributed by atoms with Gasteiger partial charge in [0.25, 0.3) is 0 Å². The average molecular weight is 277 g/mol. The molecule has 2 rings (SSSR count). The summed E-state index contributed by atoms with van der Waals surface area (Å²) in [4.78, 5) is 12.0. The van der Waals surface area contributed by atoms with E-state index in [1.54, 1.807) is 0 Å². The van der Waals surface area contributed by atoms with Crippen LogP contribution in [0, 0.1) is 0 Å². The number of nitrogens with one attached hydrogen (secondary N) is 3. The van der Waals surface area contributed by atoms with Gasteiger partial charge in [-0.1, -0.05) is 12.1 Å². The Labute approximate surface area is 120 Å². The number of amides is 2. The number of carbonyl (C=O) groups excluding carboxylic acids is 1. The minimum atomic E-state index is -0.147. The standard InChI is InChI=1S/C15H23N3O2/c1-11(16-2)12-4-3-5-14(10-12)18-15(19)17-13-6-8-20-9-7-13/h3-5,10-11,13,16H,6-9H2,1-2H3,(H2,17,18,19). The molecule has 1 heterocycles. The molecule has 1 aromatic rings. The average Bonchev–Trinajstić information content (AvgIpc) is 2.47. The fourth-order valence-electron chi connectivity index (χ4n) is 2.25. The van der Waals surface area contributed by atoms with Gasteiger partial charge in [0.2, 0.25) is 0 Å². The lowest BCUT2D eigenvalue weighted by atomic mass is 10.1. The molecule has 1 aliphatic rings. The maximum absolute atomic E-state index is 12.0. The minimum Gasteiger partial charge on any atom is -0.381 e. The first-order chi connectivity index (χ1) is 9.69. The van der Waals surface area contributed by atoms with Crippen LogP contribution in [0.1, 0.15) is 31.4 Å². The molecule has 1 unspecified atom stereocenters. The molecule has 110 valence electrons. The Bertz CT molecular complexity index is 444. The molecule has 2 amide bonds. The van der Waals surface area contributed by atoms with E-state index in [9.17, 15) is 4.79 Å². The maximum Gasteiger partial charge on any atom is 0.319 e. The SMILES string of the molecule is CNC(C)c1cccc(NC(=O)NC2CCOCC2)c1. The number of hydrogen-bond acceptors (Lipinski definition) is 3. The highest BCUT2D eigenvalue weighted by Gasteiger charge is 2.16. The quantitative estimate of drug-likeness (QED) is 0.791. The molecular weight excluding hydrogens is 254 g/mol. The van der Waals surface area contributed by atoms with Crippen LogP contribution in [0.15, 0.2) is 24.3 Å². The summed E-state index contributed by atoms with van der Waals surface area (Å²) in [6, 6.07) is 8.21. The normalized spacial score (nSPS) is 17.5. The molecule has 0 aliphatic carbocycles. The first kappa shape index (κ1) is 14.8. The largest absolute Gasteiger partial charge is 0.381 e. The van der Waals surface area contributed by atoms with Crippen LogP contribution in [0.3, 0.4) is 0 Å². The second-order valence-corrected chi connectivity index (χ2v) is 5.12. The number of carbonyl (C=O) groups is 1. The van der Waals surface area contributed by atoms with Crippen LogP contribution in [0.4, 0.5) is 10.5 Å². The molecule has 0 bridgehead atoms. The second kappa shape index (κ2) is 7.26. The van der Waals surface area contributed by atoms with Gasteiger partial charge in [0, 0.05) is 31.0 Å². The molecule has 1 atom stereocenters. The van der Waals surface area contributed by atoms with Crippen molar-refractivity contribution in [2.24, 2.45) is 0 Å². The van der Waals surface area contributed by atoms with Crippen LogP contribution in [-0.2, 0) is 4.74 Å². The predicted molar refractivity (Wildman–Crippen MR) is 79.9 cm³/mol. The van der Waals surface area contributed by atoms with Crippen LogP contribution < -0.4 is 16.0 Å². The predicted octanol–water partition coefficient (Wildman–Crippen LogP) is 2.27. The Kier molecular flexibility index (Phi) is 5.38. The molecule has 20 heavy (non-hydrogen) atoms. The van der Waals surface area contributed by atoms with Gasteiger partial charge in [-0.05, 0) is 44.5 Å². The maximum atomic E-state index is 12.0. The summed E-state index contributed by atoms with van der Waals surface area (Å²) < 4.78 is 5.28. The van der Waals surface area contributed by atoms with Crippen molar-refractivity contribution in [2.75, 3.05) is 25.6 Å². The van der Waals surface area contributed by atoms with Gasteiger partial charge in [-0.25, -0.2) is 4.79 Å². The minimum absolute atomic E-state index is 0.147. The first-order valence-electron chi connectivity index (χ1n) is 7.11. The monoisotopic (exact) mass is 277 g/mol. The third-order valence-electron chi connectivity index (χ3n) is 3.63. The molecule has 1 fully saturated rings. The van der Waals surface area contributed by atoms with Crippen molar-refractivity contribution in [3.8, 4) is 0 Å². The Morgan fingerprint density at radius 2 is 2.10 bits per heavy atom. The van der Waals surface area contributed by atoms with Gasteiger partial charge in [0.15, 0.2) is 0 Å². The highest BCUT2D eigenvalue weighted by molar-refractivity contribution is 5.89. The smallest absolute Gasteiger partial charge is 0.319 e. The van der Waals surface area contributed by atoms with Gasteiger partial charge in [0.1, 0.15) is 0 Å². The molecule has 5 nitrogen and oxygen atoms in total. The van der Waals surface area contributed by atoms with Crippen molar-refractivity contribution in [2.45, 2.75) is 31.8 Å². The van der Waals surface area contributed by atoms with Gasteiger partial charge in [-0.3, -0.25) is 0 Å². The third-order valence-corrected chi connectivity index (χ3v) is 3.63. The van der Waals surface area contributed by atoms with E-state index in [1.807, 2.05) is 31.3 Å². The number of ether oxygens (including phenoxy) is 1. The number of rotatable bonds is 4. The van der Waals surface area contributed by atoms with Crippen molar-refractivity contribution >= 4 is 11.7 Å². The molecule has 1 aromatic carbocycles. The van der Waals surface area contributed by atoms with E-state index in [2.05, 4.69) is 22.9 Å². The number of benzene rings is 1. The van der Waals surface area contributed by atoms with Crippen molar-refractivity contribution in [3.05, 3.63) is 29.8 Å². The summed E-state index contributed by atoms with van der Waals surface area (Å²) in [5.74, 6) is 0. The molecule has 0 saturated carbocycles. The van der Waals surface area contributed by atoms with Crippen molar-refractivity contribution in [1.29, 1.82) is 0 Å². The van der Waals surface area contributed by atoms with E-state index in [0.29, 0.717) is 0 Å². The van der Waals surface area contributed by atoms with Crippen LogP contribution in [-0.4, -0.2) is 32.3 Å². The fourth-order valence-corrected chi connectivity index (χ4v) is 2.25. The highest BCUT2D eigenvalue weighted by atomic mass is 16.5. The van der Waals surface area contributed by atoms with Gasteiger partial charge >= 0.3 is 6.03 Å². The molecule has 3 N–H and O–H groups in total. The fraction of sp³-hybridized carbons (Fsp3) is 0.533. The topological polar surface area (TPSA) is 62.4 Å². The molecule has 5 heteroatoms. The zero-order valence-electron chi connectivity index (χ0n) is 12.1. The number of hydrogen-bond donors (Lipinski definition) is 3. The van der Waals surface area contributed by atoms with E-state index in [0.717, 1.165) is 37.3 Å². The van der Waals surface area contributed by atoms with E-state index in [4.69, 9.17) is 4.74 Å². The molecule has 1 aliphatic heterocycles. The molecule has 0 spiro atoms. The Hall–Kier alpha value is -1.59. The van der Waals surface area contributed by atoms with Gasteiger partial charge < -0.3 is 20.7 Å². The second-order valence-electron chi connectivity index (χ2n) is 5.12. The third kappa shape index (κ3) is 4.21. The van der Waals surface area contributed by atoms with Crippen LogP contribution in [0.25, 0.3) is 0 Å².